The van der Waals surface area contributed by atoms with Gasteiger partial charge in [-0.25, -0.2) is 13.6 Å². The first-order chi connectivity index (χ1) is 21.8. The number of nitrogens with one attached hydrogen (secondary N) is 1. The summed E-state index contributed by atoms with van der Waals surface area (Å²) in [5.41, 5.74) is 1.69. The Morgan fingerprint density at radius 1 is 1.02 bits per heavy atom. The van der Waals surface area contributed by atoms with Gasteiger partial charge in [0.1, 0.15) is 22.9 Å². The lowest BCUT2D eigenvalue weighted by Crippen LogP contribution is -2.38. The molecule has 3 atom stereocenters. The molecule has 5 rings (SSSR count). The van der Waals surface area contributed by atoms with Crippen LogP contribution in [-0.2, 0) is 32.2 Å². The van der Waals surface area contributed by atoms with Crippen molar-refractivity contribution in [2.45, 2.75) is 39.3 Å². The van der Waals surface area contributed by atoms with E-state index in [1.807, 2.05) is 31.2 Å². The Hall–Kier alpha value is -4.31. The zero-order valence-corrected chi connectivity index (χ0v) is 25.5. The summed E-state index contributed by atoms with van der Waals surface area (Å²) in [5, 5.41) is 2.80. The maximum absolute atomic E-state index is 14.9. The third-order valence-electron chi connectivity index (χ3n) is 8.40. The number of hydrogen-bond acceptors (Lipinski definition) is 7. The normalized spacial score (nSPS) is 19.4. The number of likely N-dealkylation sites (tertiary alicyclic amines) is 1. The lowest BCUT2D eigenvalue weighted by atomic mass is 9.98. The number of nitrogens with zero attached hydrogens (tertiary/aromatic N) is 1. The quantitative estimate of drug-likeness (QED) is 0.267. The highest BCUT2D eigenvalue weighted by molar-refractivity contribution is 5.97. The molecule has 1 aliphatic heterocycles. The molecule has 1 N–H and O–H groups in total. The van der Waals surface area contributed by atoms with Crippen LogP contribution >= 0.6 is 0 Å². The molecule has 2 fully saturated rings. The van der Waals surface area contributed by atoms with Crippen LogP contribution < -0.4 is 10.1 Å². The molecule has 0 bridgehead atoms. The van der Waals surface area contributed by atoms with Gasteiger partial charge in [0.15, 0.2) is 0 Å². The largest absolute Gasteiger partial charge is 0.493 e. The Bertz CT molecular complexity index is 1530. The monoisotopic (exact) mass is 620 g/mol. The van der Waals surface area contributed by atoms with E-state index in [1.54, 1.807) is 6.07 Å². The Labute approximate surface area is 261 Å². The van der Waals surface area contributed by atoms with Gasteiger partial charge in [-0.2, -0.15) is 0 Å². The number of rotatable bonds is 12. The summed E-state index contributed by atoms with van der Waals surface area (Å²) in [5.74, 6) is -1.92. The molecule has 45 heavy (non-hydrogen) atoms. The minimum Gasteiger partial charge on any atom is -0.493 e. The Morgan fingerprint density at radius 3 is 2.56 bits per heavy atom. The molecule has 1 heterocycles. The molecule has 3 unspecified atom stereocenters. The van der Waals surface area contributed by atoms with E-state index in [9.17, 15) is 23.2 Å². The minimum atomic E-state index is -0.848. The van der Waals surface area contributed by atoms with Crippen molar-refractivity contribution in [3.8, 4) is 16.9 Å². The van der Waals surface area contributed by atoms with E-state index >= 15 is 0 Å². The minimum absolute atomic E-state index is 0.00104. The van der Waals surface area contributed by atoms with Crippen molar-refractivity contribution in [3.63, 3.8) is 0 Å². The van der Waals surface area contributed by atoms with Crippen molar-refractivity contribution >= 4 is 17.8 Å². The first-order valence-electron chi connectivity index (χ1n) is 15.3. The predicted molar refractivity (Wildman–Crippen MR) is 163 cm³/mol. The van der Waals surface area contributed by atoms with Gasteiger partial charge in [0, 0.05) is 37.0 Å². The smallest absolute Gasteiger partial charge is 0.341 e. The van der Waals surface area contributed by atoms with Gasteiger partial charge in [-0.05, 0) is 73.7 Å². The lowest BCUT2D eigenvalue weighted by molar-refractivity contribution is -0.150. The predicted octanol–water partition coefficient (Wildman–Crippen LogP) is 5.52. The highest BCUT2D eigenvalue weighted by Gasteiger charge is 2.43. The van der Waals surface area contributed by atoms with Gasteiger partial charge in [0.25, 0.3) is 0 Å². The summed E-state index contributed by atoms with van der Waals surface area (Å²) in [6.07, 6.45) is 2.53. The molecule has 0 spiro atoms. The van der Waals surface area contributed by atoms with E-state index in [0.717, 1.165) is 50.4 Å². The number of hydrogen-bond donors (Lipinski definition) is 1. The molecule has 8 nitrogen and oxygen atoms in total. The van der Waals surface area contributed by atoms with Crippen molar-refractivity contribution in [1.29, 1.82) is 0 Å². The fourth-order valence-electron chi connectivity index (χ4n) is 5.80. The highest BCUT2D eigenvalue weighted by Crippen LogP contribution is 2.39. The van der Waals surface area contributed by atoms with Gasteiger partial charge in [0.05, 0.1) is 26.2 Å². The Balaban J connectivity index is 1.07. The SMILES string of the molecule is CCOC(=O)C1CCCN(Cc2ccc(OCC3CC3C(=O)NCc3ccc(-c4cccc(F)c4C(=O)OC)cc3F)cc2)C1. The number of halogens is 2. The zero-order chi connectivity index (χ0) is 31.9. The third-order valence-corrected chi connectivity index (χ3v) is 8.40. The summed E-state index contributed by atoms with van der Waals surface area (Å²) in [6, 6.07) is 16.3. The van der Waals surface area contributed by atoms with E-state index in [2.05, 4.69) is 15.0 Å². The molecule has 2 aliphatic rings. The van der Waals surface area contributed by atoms with Gasteiger partial charge in [-0.3, -0.25) is 14.5 Å². The number of carbonyl (C=O) groups excluding carboxylic acids is 3. The molecule has 3 aromatic rings. The molecule has 1 saturated carbocycles. The van der Waals surface area contributed by atoms with Gasteiger partial charge >= 0.3 is 11.9 Å². The van der Waals surface area contributed by atoms with Crippen LogP contribution in [0.15, 0.2) is 60.7 Å². The number of ether oxygens (including phenoxy) is 3. The maximum atomic E-state index is 14.9. The molecule has 3 aromatic carbocycles. The van der Waals surface area contributed by atoms with Crippen molar-refractivity contribution in [3.05, 3.63) is 89.0 Å². The van der Waals surface area contributed by atoms with Crippen LogP contribution in [-0.4, -0.2) is 56.2 Å². The van der Waals surface area contributed by atoms with E-state index in [0.29, 0.717) is 31.7 Å². The molecule has 1 saturated heterocycles. The second-order valence-electron chi connectivity index (χ2n) is 11.6. The van der Waals surface area contributed by atoms with Gasteiger partial charge in [0.2, 0.25) is 5.91 Å². The topological polar surface area (TPSA) is 94.2 Å². The van der Waals surface area contributed by atoms with E-state index < -0.39 is 17.6 Å². The molecule has 238 valence electrons. The first-order valence-corrected chi connectivity index (χ1v) is 15.3. The first kappa shape index (κ1) is 32.1. The van der Waals surface area contributed by atoms with Crippen LogP contribution in [0.25, 0.3) is 11.1 Å². The second-order valence-corrected chi connectivity index (χ2v) is 11.6. The van der Waals surface area contributed by atoms with Gasteiger partial charge < -0.3 is 19.5 Å². The van der Waals surface area contributed by atoms with E-state index in [1.165, 1.54) is 24.3 Å². The van der Waals surface area contributed by atoms with Crippen molar-refractivity contribution in [2.24, 2.45) is 17.8 Å². The fraction of sp³-hybridized carbons (Fsp3) is 0.400. The number of esters is 2. The second kappa shape index (κ2) is 14.6. The lowest BCUT2D eigenvalue weighted by Gasteiger charge is -2.31. The zero-order valence-electron chi connectivity index (χ0n) is 25.5. The number of carbonyl (C=O) groups is 3. The number of benzene rings is 3. The average molecular weight is 621 g/mol. The van der Waals surface area contributed by atoms with Crippen molar-refractivity contribution < 1.29 is 37.4 Å². The average Bonchev–Trinajstić information content (AvgIpc) is 3.83. The molecule has 10 heteroatoms. The third kappa shape index (κ3) is 8.05. The van der Waals surface area contributed by atoms with Crippen LogP contribution in [0.2, 0.25) is 0 Å². The number of amides is 1. The van der Waals surface area contributed by atoms with Crippen LogP contribution in [0.3, 0.4) is 0 Å². The number of methoxy groups -OCH3 is 1. The summed E-state index contributed by atoms with van der Waals surface area (Å²) in [6.45, 7) is 5.04. The van der Waals surface area contributed by atoms with Crippen LogP contribution in [0.1, 0.15) is 47.7 Å². The summed E-state index contributed by atoms with van der Waals surface area (Å²) in [7, 11) is 1.15. The molecular formula is C35H38F2N2O6. The van der Waals surface area contributed by atoms with Gasteiger partial charge in [-0.15, -0.1) is 0 Å². The summed E-state index contributed by atoms with van der Waals surface area (Å²) in [4.78, 5) is 39.2. The van der Waals surface area contributed by atoms with Crippen LogP contribution in [0, 0.1) is 29.4 Å². The van der Waals surface area contributed by atoms with Crippen molar-refractivity contribution in [1.82, 2.24) is 10.2 Å². The van der Waals surface area contributed by atoms with Crippen molar-refractivity contribution in [2.75, 3.05) is 33.4 Å². The molecule has 1 amide bonds. The standard InChI is InChI=1S/C35H38F2N2O6/c1-3-44-34(41)25-6-5-15-39(20-25)19-22-9-13-27(14-10-22)45-21-26-16-29(26)33(40)38-18-24-12-11-23(17-31(24)37)28-7-4-8-30(36)32(28)35(42)43-2/h4,7-14,17,25-26,29H,3,5-6,15-16,18-21H2,1-2H3,(H,38,40). The van der Waals surface area contributed by atoms with Crippen LogP contribution in [0.4, 0.5) is 8.78 Å². The highest BCUT2D eigenvalue weighted by atomic mass is 19.1. The Morgan fingerprint density at radius 2 is 1.82 bits per heavy atom. The van der Waals surface area contributed by atoms with E-state index in [-0.39, 0.29) is 52.9 Å². The summed E-state index contributed by atoms with van der Waals surface area (Å²) >= 11 is 0. The molecule has 1 aliphatic carbocycles. The van der Waals surface area contributed by atoms with E-state index in [4.69, 9.17) is 9.47 Å². The van der Waals surface area contributed by atoms with Gasteiger partial charge in [-0.1, -0.05) is 36.4 Å². The van der Waals surface area contributed by atoms with Crippen LogP contribution in [0.5, 0.6) is 5.75 Å². The molecular weight excluding hydrogens is 582 g/mol. The maximum Gasteiger partial charge on any atom is 0.341 e. The fourth-order valence-corrected chi connectivity index (χ4v) is 5.80. The molecule has 0 aromatic heterocycles. The molecule has 0 radical (unpaired) electrons. The summed E-state index contributed by atoms with van der Waals surface area (Å²) < 4.78 is 45.1. The Kier molecular flexibility index (Phi) is 10.4. The number of piperidine rings is 1.